The molecule has 3 nitrogen and oxygen atoms in total. The molecule has 0 fully saturated rings. The van der Waals surface area contributed by atoms with Crippen LogP contribution in [0.2, 0.25) is 25.7 Å². The molecule has 5 heteroatoms. The molecule has 1 aromatic carbocycles. The van der Waals surface area contributed by atoms with Crippen molar-refractivity contribution < 1.29 is 13.0 Å². The molecule has 0 aliphatic carbocycles. The van der Waals surface area contributed by atoms with Crippen molar-refractivity contribution >= 4 is 18.2 Å². The molecule has 1 N–H and O–H groups in total. The smallest absolute Gasteiger partial charge is 0.282 e. The van der Waals surface area contributed by atoms with Gasteiger partial charge in [-0.2, -0.15) is 8.42 Å². The van der Waals surface area contributed by atoms with E-state index in [2.05, 4.69) is 19.6 Å². The zero-order valence-corrected chi connectivity index (χ0v) is 13.3. The van der Waals surface area contributed by atoms with E-state index in [0.29, 0.717) is 6.42 Å². The van der Waals surface area contributed by atoms with Crippen molar-refractivity contribution in [3.63, 3.8) is 0 Å². The molecule has 0 aliphatic heterocycles. The minimum Gasteiger partial charge on any atom is -0.282 e. The maximum Gasteiger partial charge on any atom is 0.294 e. The first-order valence-electron chi connectivity index (χ1n) is 6.17. The summed E-state index contributed by atoms with van der Waals surface area (Å²) in [7, 11) is -5.20. The van der Waals surface area contributed by atoms with Gasteiger partial charge in [-0.05, 0) is 25.0 Å². The highest BCUT2D eigenvalue weighted by Crippen LogP contribution is 2.21. The molecule has 0 unspecified atom stereocenters. The summed E-state index contributed by atoms with van der Waals surface area (Å²) in [6.45, 7) is 8.82. The van der Waals surface area contributed by atoms with Crippen LogP contribution in [-0.2, 0) is 16.5 Å². The lowest BCUT2D eigenvalue weighted by Crippen LogP contribution is -2.19. The van der Waals surface area contributed by atoms with E-state index >= 15 is 0 Å². The normalized spacial score (nSPS) is 12.7. The van der Waals surface area contributed by atoms with Crippen LogP contribution in [0.25, 0.3) is 0 Å². The summed E-state index contributed by atoms with van der Waals surface area (Å²) in [5, 5.41) is 0. The fourth-order valence-electron chi connectivity index (χ4n) is 1.96. The fourth-order valence-corrected chi connectivity index (χ4v) is 3.93. The first kappa shape index (κ1) is 15.4. The third kappa shape index (κ3) is 4.92. The lowest BCUT2D eigenvalue weighted by atomic mass is 10.1. The van der Waals surface area contributed by atoms with Gasteiger partial charge in [0.25, 0.3) is 10.1 Å². The van der Waals surface area contributed by atoms with E-state index in [1.807, 2.05) is 13.0 Å². The Labute approximate surface area is 111 Å². The Bertz CT molecular complexity index is 516. The van der Waals surface area contributed by atoms with Crippen molar-refractivity contribution in [2.24, 2.45) is 0 Å². The number of aryl methyl sites for hydroxylation is 2. The highest BCUT2D eigenvalue weighted by atomic mass is 32.2. The van der Waals surface area contributed by atoms with E-state index in [0.717, 1.165) is 23.6 Å². The van der Waals surface area contributed by atoms with Gasteiger partial charge >= 0.3 is 0 Å². The third-order valence-electron chi connectivity index (χ3n) is 2.87. The molecule has 0 saturated heterocycles. The molecular weight excluding hydrogens is 264 g/mol. The maximum atomic E-state index is 11.3. The Morgan fingerprint density at radius 2 is 1.83 bits per heavy atom. The lowest BCUT2D eigenvalue weighted by Gasteiger charge is -2.16. The average Bonchev–Trinajstić information content (AvgIpc) is 2.13. The number of hydrogen-bond acceptors (Lipinski definition) is 2. The zero-order chi connectivity index (χ0) is 14.0. The van der Waals surface area contributed by atoms with Crippen LogP contribution in [0.1, 0.15) is 17.5 Å². The molecule has 0 spiro atoms. The minimum atomic E-state index is -4.10. The first-order chi connectivity index (χ1) is 8.09. The second-order valence-corrected chi connectivity index (χ2v) is 13.0. The van der Waals surface area contributed by atoms with Crippen LogP contribution in [-0.4, -0.2) is 21.0 Å². The SMILES string of the molecule is Cc1ccc(S(=O)(=O)O)c(CCC[Si](C)(C)C)c1. The largest absolute Gasteiger partial charge is 0.294 e. The van der Waals surface area contributed by atoms with Crippen molar-refractivity contribution in [2.75, 3.05) is 0 Å². The van der Waals surface area contributed by atoms with Gasteiger partial charge in [0, 0.05) is 8.07 Å². The molecule has 0 aromatic heterocycles. The van der Waals surface area contributed by atoms with Gasteiger partial charge in [0.2, 0.25) is 0 Å². The van der Waals surface area contributed by atoms with Gasteiger partial charge in [-0.1, -0.05) is 49.8 Å². The van der Waals surface area contributed by atoms with Gasteiger partial charge in [-0.25, -0.2) is 0 Å². The molecule has 0 heterocycles. The Morgan fingerprint density at radius 3 is 2.33 bits per heavy atom. The summed E-state index contributed by atoms with van der Waals surface area (Å²) in [6.07, 6.45) is 1.68. The van der Waals surface area contributed by atoms with Gasteiger partial charge in [0.05, 0.1) is 4.90 Å². The molecule has 102 valence electrons. The van der Waals surface area contributed by atoms with Crippen LogP contribution in [0.4, 0.5) is 0 Å². The molecule has 0 atom stereocenters. The van der Waals surface area contributed by atoms with E-state index < -0.39 is 18.2 Å². The van der Waals surface area contributed by atoms with Crippen LogP contribution in [0.15, 0.2) is 23.1 Å². The molecule has 0 saturated carbocycles. The minimum absolute atomic E-state index is 0.0590. The number of rotatable bonds is 5. The van der Waals surface area contributed by atoms with Crippen molar-refractivity contribution in [1.82, 2.24) is 0 Å². The fraction of sp³-hybridized carbons (Fsp3) is 0.538. The quantitative estimate of drug-likeness (QED) is 0.665. The average molecular weight is 286 g/mol. The van der Waals surface area contributed by atoms with Crippen molar-refractivity contribution in [2.45, 2.75) is 50.3 Å². The van der Waals surface area contributed by atoms with E-state index in [4.69, 9.17) is 0 Å². The number of benzene rings is 1. The molecule has 18 heavy (non-hydrogen) atoms. The highest BCUT2D eigenvalue weighted by molar-refractivity contribution is 7.85. The summed E-state index contributed by atoms with van der Waals surface area (Å²) in [5.74, 6) is 0. The van der Waals surface area contributed by atoms with Crippen molar-refractivity contribution in [3.8, 4) is 0 Å². The van der Waals surface area contributed by atoms with E-state index in [9.17, 15) is 13.0 Å². The third-order valence-corrected chi connectivity index (χ3v) is 5.67. The Morgan fingerprint density at radius 1 is 1.22 bits per heavy atom. The summed E-state index contributed by atoms with van der Waals surface area (Å²) in [5.41, 5.74) is 1.75. The number of hydrogen-bond donors (Lipinski definition) is 1. The van der Waals surface area contributed by atoms with Crippen molar-refractivity contribution in [3.05, 3.63) is 29.3 Å². The molecule has 0 aliphatic rings. The van der Waals surface area contributed by atoms with Crippen LogP contribution < -0.4 is 0 Å². The molecule has 0 amide bonds. The van der Waals surface area contributed by atoms with E-state index in [1.165, 1.54) is 6.07 Å². The van der Waals surface area contributed by atoms with E-state index in [1.54, 1.807) is 6.07 Å². The maximum absolute atomic E-state index is 11.3. The van der Waals surface area contributed by atoms with Gasteiger partial charge in [-0.3, -0.25) is 4.55 Å². The van der Waals surface area contributed by atoms with Gasteiger partial charge in [0.15, 0.2) is 0 Å². The van der Waals surface area contributed by atoms with Gasteiger partial charge in [-0.15, -0.1) is 0 Å². The van der Waals surface area contributed by atoms with E-state index in [-0.39, 0.29) is 4.90 Å². The van der Waals surface area contributed by atoms with Gasteiger partial charge < -0.3 is 0 Å². The Hall–Kier alpha value is -0.653. The summed E-state index contributed by atoms with van der Waals surface area (Å²) < 4.78 is 31.8. The highest BCUT2D eigenvalue weighted by Gasteiger charge is 2.17. The molecule has 0 radical (unpaired) electrons. The van der Waals surface area contributed by atoms with Crippen LogP contribution in [0.5, 0.6) is 0 Å². The molecule has 1 aromatic rings. The summed E-state index contributed by atoms with van der Waals surface area (Å²) >= 11 is 0. The molecule has 0 bridgehead atoms. The zero-order valence-electron chi connectivity index (χ0n) is 11.5. The lowest BCUT2D eigenvalue weighted by molar-refractivity contribution is 0.482. The monoisotopic (exact) mass is 286 g/mol. The summed E-state index contributed by atoms with van der Waals surface area (Å²) in [4.78, 5) is 0.0590. The predicted octanol–water partition coefficient (Wildman–Crippen LogP) is 3.51. The first-order valence-corrected chi connectivity index (χ1v) is 11.3. The van der Waals surface area contributed by atoms with Crippen LogP contribution in [0.3, 0.4) is 0 Å². The van der Waals surface area contributed by atoms with Crippen LogP contribution in [0, 0.1) is 6.92 Å². The Kier molecular flexibility index (Phi) is 4.75. The van der Waals surface area contributed by atoms with Gasteiger partial charge in [0.1, 0.15) is 0 Å². The summed E-state index contributed by atoms with van der Waals surface area (Å²) in [6, 6.07) is 6.22. The topological polar surface area (TPSA) is 54.4 Å². The van der Waals surface area contributed by atoms with Crippen LogP contribution >= 0.6 is 0 Å². The Balaban J connectivity index is 2.91. The second-order valence-electron chi connectivity index (χ2n) is 6.00. The molecular formula is C13H22O3SSi. The predicted molar refractivity (Wildman–Crippen MR) is 77.5 cm³/mol. The molecule has 1 rings (SSSR count). The standard InChI is InChI=1S/C13H22O3SSi/c1-11-7-8-13(17(14,15)16)12(10-11)6-5-9-18(2,3)4/h7-8,10H,5-6,9H2,1-4H3,(H,14,15,16). The van der Waals surface area contributed by atoms with Crippen molar-refractivity contribution in [1.29, 1.82) is 0 Å². The second kappa shape index (κ2) is 5.55.